The summed E-state index contributed by atoms with van der Waals surface area (Å²) in [6.07, 6.45) is 2.83. The van der Waals surface area contributed by atoms with Gasteiger partial charge in [0, 0.05) is 64.8 Å². The fraction of sp³-hybridized carbons (Fsp3) is 0.304. The van der Waals surface area contributed by atoms with Gasteiger partial charge in [-0.15, -0.1) is 11.8 Å². The van der Waals surface area contributed by atoms with E-state index in [2.05, 4.69) is 33.0 Å². The third-order valence-corrected chi connectivity index (χ3v) is 6.94. The zero-order chi connectivity index (χ0) is 20.9. The van der Waals surface area contributed by atoms with Crippen molar-refractivity contribution in [2.24, 2.45) is 0 Å². The summed E-state index contributed by atoms with van der Waals surface area (Å²) in [6, 6.07) is 16.2. The fourth-order valence-corrected chi connectivity index (χ4v) is 4.81. The van der Waals surface area contributed by atoms with Gasteiger partial charge < -0.3 is 14.8 Å². The number of hydrogen-bond donors (Lipinski definition) is 1. The molecule has 30 heavy (non-hydrogen) atoms. The summed E-state index contributed by atoms with van der Waals surface area (Å²) in [5, 5.41) is 1.10. The third kappa shape index (κ3) is 5.08. The molecule has 0 spiro atoms. The molecule has 7 heteroatoms. The summed E-state index contributed by atoms with van der Waals surface area (Å²) in [4.78, 5) is 33.4. The van der Waals surface area contributed by atoms with Gasteiger partial charge in [-0.2, -0.15) is 0 Å². The number of para-hydroxylation sites is 1. The Labute approximate surface area is 188 Å². The number of piperazine rings is 1. The summed E-state index contributed by atoms with van der Waals surface area (Å²) < 4.78 is 1.06. The molecule has 1 aromatic heterocycles. The fourth-order valence-electron chi connectivity index (χ4n) is 3.70. The van der Waals surface area contributed by atoms with E-state index in [0.29, 0.717) is 39.0 Å². The minimum Gasteiger partial charge on any atom is -0.361 e. The van der Waals surface area contributed by atoms with E-state index >= 15 is 0 Å². The van der Waals surface area contributed by atoms with Gasteiger partial charge in [-0.1, -0.05) is 34.1 Å². The number of aromatic nitrogens is 1. The van der Waals surface area contributed by atoms with Crippen LogP contribution in [0.1, 0.15) is 12.0 Å². The van der Waals surface area contributed by atoms with E-state index in [9.17, 15) is 9.59 Å². The number of fused-ring (bicyclic) bond motifs is 1. The molecule has 5 nitrogen and oxygen atoms in total. The van der Waals surface area contributed by atoms with Crippen molar-refractivity contribution in [3.05, 3.63) is 64.8 Å². The van der Waals surface area contributed by atoms with E-state index in [1.165, 1.54) is 4.90 Å². The van der Waals surface area contributed by atoms with Gasteiger partial charge in [-0.05, 0) is 35.9 Å². The lowest BCUT2D eigenvalue weighted by Crippen LogP contribution is -2.51. The van der Waals surface area contributed by atoms with Crippen LogP contribution in [0.4, 0.5) is 0 Å². The minimum absolute atomic E-state index is 0.123. The van der Waals surface area contributed by atoms with Crippen LogP contribution in [0.3, 0.4) is 0 Å². The van der Waals surface area contributed by atoms with Crippen molar-refractivity contribution in [2.45, 2.75) is 17.7 Å². The molecule has 0 bridgehead atoms. The molecule has 2 amide bonds. The molecular weight excluding hydrogens is 462 g/mol. The second-order valence-electron chi connectivity index (χ2n) is 7.35. The van der Waals surface area contributed by atoms with Crippen LogP contribution >= 0.6 is 27.7 Å². The first kappa shape index (κ1) is 21.0. The second-order valence-corrected chi connectivity index (χ2v) is 9.43. The first-order chi connectivity index (χ1) is 14.6. The zero-order valence-corrected chi connectivity index (χ0v) is 19.0. The average molecular weight is 486 g/mol. The Hall–Kier alpha value is -2.25. The lowest BCUT2D eigenvalue weighted by Gasteiger charge is -2.35. The van der Waals surface area contributed by atoms with Gasteiger partial charge >= 0.3 is 0 Å². The van der Waals surface area contributed by atoms with Crippen molar-refractivity contribution in [1.82, 2.24) is 14.8 Å². The van der Waals surface area contributed by atoms with Crippen molar-refractivity contribution in [3.8, 4) is 0 Å². The number of rotatable bonds is 6. The molecule has 4 rings (SSSR count). The molecule has 2 aromatic carbocycles. The maximum Gasteiger partial charge on any atom is 0.227 e. The highest BCUT2D eigenvalue weighted by atomic mass is 79.9. The number of amides is 2. The predicted molar refractivity (Wildman–Crippen MR) is 125 cm³/mol. The number of carbonyl (C=O) groups is 2. The maximum atomic E-state index is 12.7. The summed E-state index contributed by atoms with van der Waals surface area (Å²) in [6.45, 7) is 2.43. The number of H-pyrrole nitrogens is 1. The van der Waals surface area contributed by atoms with E-state index in [1.54, 1.807) is 11.8 Å². The maximum absolute atomic E-state index is 12.7. The van der Waals surface area contributed by atoms with Crippen LogP contribution in [0.2, 0.25) is 0 Å². The van der Waals surface area contributed by atoms with Crippen LogP contribution < -0.4 is 0 Å². The number of nitrogens with zero attached hydrogens (tertiary/aromatic N) is 2. The lowest BCUT2D eigenvalue weighted by molar-refractivity contribution is -0.138. The van der Waals surface area contributed by atoms with Gasteiger partial charge in [-0.3, -0.25) is 9.59 Å². The van der Waals surface area contributed by atoms with Crippen molar-refractivity contribution < 1.29 is 9.59 Å². The number of thioether (sulfide) groups is 1. The molecule has 0 radical (unpaired) electrons. The number of carbonyl (C=O) groups excluding carboxylic acids is 2. The number of benzene rings is 2. The number of halogens is 1. The molecular formula is C23H24BrN3O2S. The van der Waals surface area contributed by atoms with Gasteiger partial charge in [0.2, 0.25) is 11.8 Å². The summed E-state index contributed by atoms with van der Waals surface area (Å²) in [7, 11) is 0. The van der Waals surface area contributed by atoms with Crippen molar-refractivity contribution in [2.75, 3.05) is 31.9 Å². The highest BCUT2D eigenvalue weighted by Crippen LogP contribution is 2.22. The Kier molecular flexibility index (Phi) is 6.79. The van der Waals surface area contributed by atoms with Crippen LogP contribution in [-0.2, 0) is 16.0 Å². The quantitative estimate of drug-likeness (QED) is 0.528. The van der Waals surface area contributed by atoms with E-state index in [4.69, 9.17) is 0 Å². The van der Waals surface area contributed by atoms with Crippen molar-refractivity contribution >= 4 is 50.4 Å². The Morgan fingerprint density at radius 3 is 2.33 bits per heavy atom. The molecule has 3 aromatic rings. The molecule has 1 aliphatic rings. The Bertz CT molecular complexity index is 1030. The molecule has 1 fully saturated rings. The van der Waals surface area contributed by atoms with Gasteiger partial charge in [0.25, 0.3) is 0 Å². The van der Waals surface area contributed by atoms with Gasteiger partial charge in [0.05, 0.1) is 6.42 Å². The molecule has 1 saturated heterocycles. The minimum atomic E-state index is 0.123. The highest BCUT2D eigenvalue weighted by molar-refractivity contribution is 9.10. The summed E-state index contributed by atoms with van der Waals surface area (Å²) >= 11 is 5.13. The Balaban J connectivity index is 1.22. The van der Waals surface area contributed by atoms with E-state index in [-0.39, 0.29) is 11.8 Å². The van der Waals surface area contributed by atoms with Crippen LogP contribution in [0.15, 0.2) is 64.1 Å². The number of aromatic amines is 1. The summed E-state index contributed by atoms with van der Waals surface area (Å²) in [5.41, 5.74) is 2.08. The van der Waals surface area contributed by atoms with Gasteiger partial charge in [0.1, 0.15) is 0 Å². The first-order valence-electron chi connectivity index (χ1n) is 10.1. The Morgan fingerprint density at radius 1 is 0.933 bits per heavy atom. The lowest BCUT2D eigenvalue weighted by atomic mass is 10.1. The second kappa shape index (κ2) is 9.71. The van der Waals surface area contributed by atoms with Gasteiger partial charge in [-0.25, -0.2) is 0 Å². The summed E-state index contributed by atoms with van der Waals surface area (Å²) in [5.74, 6) is 1.06. The number of hydrogen-bond acceptors (Lipinski definition) is 3. The first-order valence-corrected chi connectivity index (χ1v) is 11.9. The van der Waals surface area contributed by atoms with Crippen LogP contribution in [0, 0.1) is 0 Å². The van der Waals surface area contributed by atoms with Crippen LogP contribution in [0.25, 0.3) is 10.9 Å². The predicted octanol–water partition coefficient (Wildman–Crippen LogP) is 4.33. The van der Waals surface area contributed by atoms with E-state index in [1.807, 2.05) is 52.4 Å². The van der Waals surface area contributed by atoms with Gasteiger partial charge in [0.15, 0.2) is 0 Å². The highest BCUT2D eigenvalue weighted by Gasteiger charge is 2.24. The molecule has 1 N–H and O–H groups in total. The largest absolute Gasteiger partial charge is 0.361 e. The molecule has 0 aliphatic carbocycles. The molecule has 0 atom stereocenters. The monoisotopic (exact) mass is 485 g/mol. The van der Waals surface area contributed by atoms with Crippen molar-refractivity contribution in [1.29, 1.82) is 0 Å². The molecule has 1 aliphatic heterocycles. The van der Waals surface area contributed by atoms with Crippen LogP contribution in [-0.4, -0.2) is 58.5 Å². The van der Waals surface area contributed by atoms with E-state index in [0.717, 1.165) is 26.7 Å². The standard InChI is InChI=1S/C23H24BrN3O2S/c24-18-5-7-19(8-6-18)30-14-9-22(28)26-10-12-27(13-11-26)23(29)15-17-16-25-21-4-2-1-3-20(17)21/h1-8,16,25H,9-15H2. The normalized spacial score (nSPS) is 14.3. The molecule has 156 valence electrons. The van der Waals surface area contributed by atoms with Crippen LogP contribution in [0.5, 0.6) is 0 Å². The number of nitrogens with one attached hydrogen (secondary N) is 1. The topological polar surface area (TPSA) is 56.4 Å². The van der Waals surface area contributed by atoms with E-state index < -0.39 is 0 Å². The molecule has 2 heterocycles. The SMILES string of the molecule is O=C(CCSc1ccc(Br)cc1)N1CCN(C(=O)Cc2c[nH]c3ccccc23)CC1. The average Bonchev–Trinajstić information content (AvgIpc) is 3.18. The molecule has 0 unspecified atom stereocenters. The third-order valence-electron chi connectivity index (χ3n) is 5.40. The zero-order valence-electron chi connectivity index (χ0n) is 16.6. The van der Waals surface area contributed by atoms with Crippen molar-refractivity contribution in [3.63, 3.8) is 0 Å². The Morgan fingerprint density at radius 2 is 1.60 bits per heavy atom. The molecule has 0 saturated carbocycles. The smallest absolute Gasteiger partial charge is 0.227 e.